The summed E-state index contributed by atoms with van der Waals surface area (Å²) in [5.41, 5.74) is 4.62. The van der Waals surface area contributed by atoms with E-state index in [0.29, 0.717) is 6.42 Å². The molecule has 1 fully saturated rings. The maximum atomic E-state index is 5.61. The molecule has 2 aliphatic rings. The zero-order chi connectivity index (χ0) is 15.6. The van der Waals surface area contributed by atoms with Gasteiger partial charge >= 0.3 is 0 Å². The van der Waals surface area contributed by atoms with Crippen molar-refractivity contribution in [1.29, 1.82) is 0 Å². The van der Waals surface area contributed by atoms with Crippen LogP contribution < -0.4 is 11.3 Å². The highest BCUT2D eigenvalue weighted by Crippen LogP contribution is 2.33. The number of ether oxygens (including phenoxy) is 1. The monoisotopic (exact) mass is 313 g/mol. The molecule has 0 radical (unpaired) electrons. The van der Waals surface area contributed by atoms with Crippen LogP contribution in [0.15, 0.2) is 35.6 Å². The second kappa shape index (κ2) is 6.07. The average Bonchev–Trinajstić information content (AvgIpc) is 3.06. The first kappa shape index (κ1) is 14.3. The Kier molecular flexibility index (Phi) is 3.78. The molecular weight excluding hydrogens is 294 g/mol. The lowest BCUT2D eigenvalue weighted by molar-refractivity contribution is -0.00328. The Bertz CT molecular complexity index is 706. The highest BCUT2D eigenvalue weighted by Gasteiger charge is 2.30. The van der Waals surface area contributed by atoms with E-state index in [9.17, 15) is 0 Å². The van der Waals surface area contributed by atoms with Crippen molar-refractivity contribution in [1.82, 2.24) is 25.1 Å². The summed E-state index contributed by atoms with van der Waals surface area (Å²) < 4.78 is 7.45. The van der Waals surface area contributed by atoms with Gasteiger partial charge in [-0.2, -0.15) is 5.10 Å². The number of hydrogen-bond acceptors (Lipinski definition) is 7. The molecular formula is C15H19N7O. The topological polar surface area (TPSA) is 93.6 Å². The van der Waals surface area contributed by atoms with Gasteiger partial charge in [0.15, 0.2) is 5.82 Å². The summed E-state index contributed by atoms with van der Waals surface area (Å²) in [7, 11) is 0. The van der Waals surface area contributed by atoms with Gasteiger partial charge in [0.05, 0.1) is 18.9 Å². The van der Waals surface area contributed by atoms with Crippen LogP contribution in [0.2, 0.25) is 0 Å². The van der Waals surface area contributed by atoms with Crippen molar-refractivity contribution in [2.45, 2.75) is 12.6 Å². The van der Waals surface area contributed by atoms with Gasteiger partial charge in [-0.25, -0.2) is 15.5 Å². The van der Waals surface area contributed by atoms with E-state index in [4.69, 9.17) is 15.7 Å². The van der Waals surface area contributed by atoms with Gasteiger partial charge in [-0.05, 0) is 12.1 Å². The third-order valence-corrected chi connectivity index (χ3v) is 4.23. The van der Waals surface area contributed by atoms with Gasteiger partial charge in [0, 0.05) is 43.5 Å². The van der Waals surface area contributed by atoms with Gasteiger partial charge in [-0.15, -0.1) is 0 Å². The van der Waals surface area contributed by atoms with Crippen molar-refractivity contribution in [2.24, 2.45) is 10.8 Å². The molecule has 120 valence electrons. The van der Waals surface area contributed by atoms with Crippen molar-refractivity contribution >= 4 is 11.7 Å². The lowest BCUT2D eigenvalue weighted by Crippen LogP contribution is -2.45. The van der Waals surface area contributed by atoms with Crippen molar-refractivity contribution < 1.29 is 4.74 Å². The smallest absolute Gasteiger partial charge is 0.154 e. The molecule has 23 heavy (non-hydrogen) atoms. The first-order chi connectivity index (χ1) is 11.3. The molecule has 2 aromatic rings. The normalized spacial score (nSPS) is 21.6. The Labute approximate surface area is 133 Å². The average molecular weight is 313 g/mol. The zero-order valence-electron chi connectivity index (χ0n) is 12.7. The van der Waals surface area contributed by atoms with E-state index in [0.717, 1.165) is 49.2 Å². The summed E-state index contributed by atoms with van der Waals surface area (Å²) >= 11 is 0. The standard InChI is InChI=1S/C15H19N7O/c16-19-13-10-15(21-5-7-23-8-6-21)22-14(18-13)9-12(20-22)11-1-3-17-4-2-11/h1-4,9,15H,5-8,10,16H2,(H,18,19). The number of nitrogens with zero attached hydrogens (tertiary/aromatic N) is 5. The van der Waals surface area contributed by atoms with Crippen LogP contribution in [-0.4, -0.2) is 51.8 Å². The number of morpholine rings is 1. The fourth-order valence-electron chi connectivity index (χ4n) is 3.04. The van der Waals surface area contributed by atoms with E-state index < -0.39 is 0 Å². The number of hydrogen-bond donors (Lipinski definition) is 2. The number of fused-ring (bicyclic) bond motifs is 1. The van der Waals surface area contributed by atoms with Crippen molar-refractivity contribution in [3.63, 3.8) is 0 Å². The molecule has 0 spiro atoms. The number of amidine groups is 1. The maximum absolute atomic E-state index is 5.61. The predicted molar refractivity (Wildman–Crippen MR) is 85.9 cm³/mol. The molecule has 0 amide bonds. The van der Waals surface area contributed by atoms with E-state index in [1.807, 2.05) is 22.9 Å². The lowest BCUT2D eigenvalue weighted by Gasteiger charge is -2.36. The molecule has 0 bridgehead atoms. The third kappa shape index (κ3) is 2.72. The van der Waals surface area contributed by atoms with Gasteiger partial charge in [-0.1, -0.05) is 0 Å². The molecule has 4 rings (SSSR count). The SMILES string of the molecule is NNC1=Nc2cc(-c3ccncc3)nn2C(N2CCOCC2)C1. The summed E-state index contributed by atoms with van der Waals surface area (Å²) in [5.74, 6) is 7.19. The number of aliphatic imine (C=N–C) groups is 1. The fourth-order valence-corrected chi connectivity index (χ4v) is 3.04. The van der Waals surface area contributed by atoms with Crippen LogP contribution in [0.1, 0.15) is 12.6 Å². The van der Waals surface area contributed by atoms with Crippen molar-refractivity contribution in [3.05, 3.63) is 30.6 Å². The molecule has 8 heteroatoms. The Morgan fingerprint density at radius 2 is 2.00 bits per heavy atom. The predicted octanol–water partition coefficient (Wildman–Crippen LogP) is 0.673. The summed E-state index contributed by atoms with van der Waals surface area (Å²) in [5, 5.41) is 4.78. The number of nitrogens with one attached hydrogen (secondary N) is 1. The lowest BCUT2D eigenvalue weighted by atomic mass is 10.2. The van der Waals surface area contributed by atoms with Gasteiger partial charge in [0.1, 0.15) is 12.0 Å². The second-order valence-electron chi connectivity index (χ2n) is 5.60. The number of aromatic nitrogens is 3. The van der Waals surface area contributed by atoms with Gasteiger partial charge in [0.25, 0.3) is 0 Å². The number of hydrazine groups is 1. The minimum atomic E-state index is 0.105. The molecule has 0 aliphatic carbocycles. The first-order valence-electron chi connectivity index (χ1n) is 7.71. The number of nitrogens with two attached hydrogens (primary N) is 1. The van der Waals surface area contributed by atoms with E-state index >= 15 is 0 Å². The van der Waals surface area contributed by atoms with E-state index in [1.165, 1.54) is 0 Å². The second-order valence-corrected chi connectivity index (χ2v) is 5.60. The van der Waals surface area contributed by atoms with E-state index in [1.54, 1.807) is 12.4 Å². The molecule has 0 saturated carbocycles. The van der Waals surface area contributed by atoms with E-state index in [2.05, 4.69) is 20.3 Å². The van der Waals surface area contributed by atoms with Gasteiger partial charge in [0.2, 0.25) is 0 Å². The number of rotatable bonds is 2. The molecule has 3 N–H and O–H groups in total. The van der Waals surface area contributed by atoms with E-state index in [-0.39, 0.29) is 6.17 Å². The largest absolute Gasteiger partial charge is 0.379 e. The van der Waals surface area contributed by atoms with Crippen molar-refractivity contribution in [2.75, 3.05) is 26.3 Å². The van der Waals surface area contributed by atoms with Gasteiger partial charge < -0.3 is 10.2 Å². The van der Waals surface area contributed by atoms with Crippen molar-refractivity contribution in [3.8, 4) is 11.3 Å². The molecule has 0 aromatic carbocycles. The van der Waals surface area contributed by atoms with Crippen LogP contribution in [0.4, 0.5) is 5.82 Å². The zero-order valence-corrected chi connectivity index (χ0v) is 12.7. The van der Waals surface area contributed by atoms with Crippen LogP contribution in [0.25, 0.3) is 11.3 Å². The maximum Gasteiger partial charge on any atom is 0.154 e. The van der Waals surface area contributed by atoms with Crippen LogP contribution in [-0.2, 0) is 4.74 Å². The summed E-state index contributed by atoms with van der Waals surface area (Å²) in [6.07, 6.45) is 4.35. The quantitative estimate of drug-likeness (QED) is 0.625. The molecule has 2 aromatic heterocycles. The number of pyridine rings is 1. The van der Waals surface area contributed by atoms with Crippen LogP contribution in [0.5, 0.6) is 0 Å². The minimum Gasteiger partial charge on any atom is -0.379 e. The molecule has 4 heterocycles. The molecule has 1 saturated heterocycles. The molecule has 1 unspecified atom stereocenters. The van der Waals surface area contributed by atoms with Crippen LogP contribution >= 0.6 is 0 Å². The first-order valence-corrected chi connectivity index (χ1v) is 7.71. The highest BCUT2D eigenvalue weighted by atomic mass is 16.5. The Morgan fingerprint density at radius 3 is 2.74 bits per heavy atom. The Hall–Kier alpha value is -2.29. The molecule has 8 nitrogen and oxygen atoms in total. The fraction of sp³-hybridized carbons (Fsp3) is 0.400. The summed E-state index contributed by atoms with van der Waals surface area (Å²) in [6.45, 7) is 3.25. The Balaban J connectivity index is 1.72. The van der Waals surface area contributed by atoms with Gasteiger partial charge in [-0.3, -0.25) is 9.88 Å². The minimum absolute atomic E-state index is 0.105. The summed E-state index contributed by atoms with van der Waals surface area (Å²) in [4.78, 5) is 11.0. The summed E-state index contributed by atoms with van der Waals surface area (Å²) in [6, 6.07) is 5.88. The van der Waals surface area contributed by atoms with Crippen LogP contribution in [0.3, 0.4) is 0 Å². The third-order valence-electron chi connectivity index (χ3n) is 4.23. The Morgan fingerprint density at radius 1 is 1.22 bits per heavy atom. The molecule has 2 aliphatic heterocycles. The molecule has 1 atom stereocenters. The highest BCUT2D eigenvalue weighted by molar-refractivity contribution is 5.85. The van der Waals surface area contributed by atoms with Crippen LogP contribution in [0, 0.1) is 0 Å².